The van der Waals surface area contributed by atoms with Gasteiger partial charge >= 0.3 is 0 Å². The second kappa shape index (κ2) is 4.76. The number of fused-ring (bicyclic) bond motifs is 1. The topological polar surface area (TPSA) is 43.8 Å². The van der Waals surface area contributed by atoms with Gasteiger partial charge in [0, 0.05) is 12.2 Å². The number of nitrogens with two attached hydrogens (primary N) is 1. The van der Waals surface area contributed by atoms with Crippen LogP contribution in [0.25, 0.3) is 11.0 Å². The second-order valence-corrected chi connectivity index (χ2v) is 4.79. The summed E-state index contributed by atoms with van der Waals surface area (Å²) in [5, 5.41) is 0. The molecule has 1 aromatic heterocycles. The van der Waals surface area contributed by atoms with E-state index in [-0.39, 0.29) is 0 Å². The zero-order chi connectivity index (χ0) is 13.2. The van der Waals surface area contributed by atoms with E-state index in [9.17, 15) is 0 Å². The van der Waals surface area contributed by atoms with Gasteiger partial charge in [-0.2, -0.15) is 0 Å². The van der Waals surface area contributed by atoms with Gasteiger partial charge in [-0.3, -0.25) is 0 Å². The lowest BCUT2D eigenvalue weighted by Crippen LogP contribution is -2.03. The third kappa shape index (κ3) is 2.32. The normalized spacial score (nSPS) is 11.0. The summed E-state index contributed by atoms with van der Waals surface area (Å²) in [5.41, 5.74) is 10.0. The Morgan fingerprint density at radius 1 is 1.11 bits per heavy atom. The Labute approximate surface area is 112 Å². The predicted molar refractivity (Wildman–Crippen MR) is 79.0 cm³/mol. The molecule has 1 heterocycles. The molecule has 0 atom stereocenters. The van der Waals surface area contributed by atoms with Crippen molar-refractivity contribution in [2.24, 2.45) is 0 Å². The van der Waals surface area contributed by atoms with Crippen molar-refractivity contribution in [3.05, 3.63) is 59.9 Å². The maximum Gasteiger partial charge on any atom is 0.106 e. The third-order valence-electron chi connectivity index (χ3n) is 3.43. The highest BCUT2D eigenvalue weighted by atomic mass is 15.1. The van der Waals surface area contributed by atoms with Gasteiger partial charge in [-0.1, -0.05) is 30.3 Å². The van der Waals surface area contributed by atoms with Gasteiger partial charge in [-0.15, -0.1) is 0 Å². The molecule has 0 radical (unpaired) electrons. The molecule has 0 fully saturated rings. The first kappa shape index (κ1) is 11.8. The summed E-state index contributed by atoms with van der Waals surface area (Å²) in [6.45, 7) is 2.98. The molecule has 0 aliphatic heterocycles. The Morgan fingerprint density at radius 3 is 2.68 bits per heavy atom. The zero-order valence-electron chi connectivity index (χ0n) is 11.0. The van der Waals surface area contributed by atoms with Gasteiger partial charge in [-0.25, -0.2) is 4.98 Å². The van der Waals surface area contributed by atoms with Crippen molar-refractivity contribution >= 4 is 16.7 Å². The van der Waals surface area contributed by atoms with E-state index in [4.69, 9.17) is 5.73 Å². The highest BCUT2D eigenvalue weighted by Gasteiger charge is 2.07. The van der Waals surface area contributed by atoms with Crippen LogP contribution >= 0.6 is 0 Å². The van der Waals surface area contributed by atoms with Crippen LogP contribution in [0.4, 0.5) is 5.69 Å². The van der Waals surface area contributed by atoms with E-state index in [1.165, 1.54) is 5.56 Å². The van der Waals surface area contributed by atoms with Crippen molar-refractivity contribution in [2.45, 2.75) is 19.9 Å². The minimum atomic E-state index is 0.764. The maximum atomic E-state index is 5.80. The molecule has 0 saturated carbocycles. The first-order valence-electron chi connectivity index (χ1n) is 6.50. The van der Waals surface area contributed by atoms with E-state index in [2.05, 4.69) is 39.9 Å². The molecule has 3 heteroatoms. The summed E-state index contributed by atoms with van der Waals surface area (Å²) >= 11 is 0. The molecule has 0 saturated heterocycles. The van der Waals surface area contributed by atoms with Crippen LogP contribution in [-0.4, -0.2) is 9.55 Å². The monoisotopic (exact) mass is 251 g/mol. The lowest BCUT2D eigenvalue weighted by molar-refractivity contribution is 0.692. The van der Waals surface area contributed by atoms with Crippen molar-refractivity contribution in [1.29, 1.82) is 0 Å². The fourth-order valence-corrected chi connectivity index (χ4v) is 2.44. The SMILES string of the molecule is Cc1nc2cc(N)ccc2n1CCc1ccccc1. The average Bonchev–Trinajstić information content (AvgIpc) is 2.72. The fraction of sp³-hybridized carbons (Fsp3) is 0.188. The van der Waals surface area contributed by atoms with E-state index in [0.717, 1.165) is 35.5 Å². The molecule has 3 aromatic rings. The van der Waals surface area contributed by atoms with Gasteiger partial charge in [-0.05, 0) is 37.1 Å². The highest BCUT2D eigenvalue weighted by Crippen LogP contribution is 2.19. The Kier molecular flexibility index (Phi) is 2.95. The van der Waals surface area contributed by atoms with Crippen molar-refractivity contribution in [2.75, 3.05) is 5.73 Å². The summed E-state index contributed by atoms with van der Waals surface area (Å²) < 4.78 is 2.25. The Bertz CT molecular complexity index is 699. The standard InChI is InChI=1S/C16H17N3/c1-12-18-15-11-14(17)7-8-16(15)19(12)10-9-13-5-3-2-4-6-13/h2-8,11H,9-10,17H2,1H3. The number of nitrogen functional groups attached to an aromatic ring is 1. The van der Waals surface area contributed by atoms with Crippen LogP contribution in [0.2, 0.25) is 0 Å². The first-order chi connectivity index (χ1) is 9.24. The number of hydrogen-bond donors (Lipinski definition) is 1. The smallest absolute Gasteiger partial charge is 0.106 e. The highest BCUT2D eigenvalue weighted by molar-refractivity contribution is 5.79. The molecule has 0 bridgehead atoms. The molecule has 2 aromatic carbocycles. The quantitative estimate of drug-likeness (QED) is 0.727. The molecule has 2 N–H and O–H groups in total. The number of nitrogens with zero attached hydrogens (tertiary/aromatic N) is 2. The molecular formula is C16H17N3. The van der Waals surface area contributed by atoms with Crippen molar-refractivity contribution in [3.8, 4) is 0 Å². The molecule has 19 heavy (non-hydrogen) atoms. The molecule has 0 aliphatic rings. The van der Waals surface area contributed by atoms with E-state index in [1.807, 2.05) is 25.1 Å². The Morgan fingerprint density at radius 2 is 1.89 bits per heavy atom. The van der Waals surface area contributed by atoms with Gasteiger partial charge in [0.1, 0.15) is 5.82 Å². The average molecular weight is 251 g/mol. The molecule has 0 unspecified atom stereocenters. The molecule has 96 valence electrons. The molecular weight excluding hydrogens is 234 g/mol. The zero-order valence-corrected chi connectivity index (χ0v) is 11.0. The Hall–Kier alpha value is -2.29. The van der Waals surface area contributed by atoms with Crippen LogP contribution in [0.3, 0.4) is 0 Å². The van der Waals surface area contributed by atoms with Crippen LogP contribution in [0.15, 0.2) is 48.5 Å². The van der Waals surface area contributed by atoms with E-state index in [1.54, 1.807) is 0 Å². The van der Waals surface area contributed by atoms with Gasteiger partial charge in [0.05, 0.1) is 11.0 Å². The van der Waals surface area contributed by atoms with E-state index < -0.39 is 0 Å². The van der Waals surface area contributed by atoms with E-state index in [0.29, 0.717) is 0 Å². The summed E-state index contributed by atoms with van der Waals surface area (Å²) in [6, 6.07) is 16.4. The first-order valence-corrected chi connectivity index (χ1v) is 6.50. The molecule has 0 spiro atoms. The Balaban J connectivity index is 1.90. The minimum Gasteiger partial charge on any atom is -0.399 e. The van der Waals surface area contributed by atoms with Gasteiger partial charge in [0.2, 0.25) is 0 Å². The lowest BCUT2D eigenvalue weighted by atomic mass is 10.1. The van der Waals surface area contributed by atoms with Crippen LogP contribution < -0.4 is 5.73 Å². The summed E-state index contributed by atoms with van der Waals surface area (Å²) in [7, 11) is 0. The molecule has 3 rings (SSSR count). The largest absolute Gasteiger partial charge is 0.399 e. The van der Waals surface area contributed by atoms with E-state index >= 15 is 0 Å². The van der Waals surface area contributed by atoms with Crippen LogP contribution in [0.5, 0.6) is 0 Å². The van der Waals surface area contributed by atoms with Gasteiger partial charge in [0.15, 0.2) is 0 Å². The lowest BCUT2D eigenvalue weighted by Gasteiger charge is -2.07. The number of aryl methyl sites for hydroxylation is 3. The molecule has 0 amide bonds. The van der Waals surface area contributed by atoms with Crippen LogP contribution in [0, 0.1) is 6.92 Å². The summed E-state index contributed by atoms with van der Waals surface area (Å²) in [4.78, 5) is 4.57. The van der Waals surface area contributed by atoms with Crippen LogP contribution in [-0.2, 0) is 13.0 Å². The van der Waals surface area contributed by atoms with Crippen molar-refractivity contribution in [3.63, 3.8) is 0 Å². The maximum absolute atomic E-state index is 5.80. The number of rotatable bonds is 3. The molecule has 3 nitrogen and oxygen atoms in total. The fourth-order valence-electron chi connectivity index (χ4n) is 2.44. The van der Waals surface area contributed by atoms with Crippen molar-refractivity contribution < 1.29 is 0 Å². The third-order valence-corrected chi connectivity index (χ3v) is 3.43. The number of anilines is 1. The van der Waals surface area contributed by atoms with Gasteiger partial charge < -0.3 is 10.3 Å². The second-order valence-electron chi connectivity index (χ2n) is 4.79. The predicted octanol–water partition coefficient (Wildman–Crippen LogP) is 3.17. The number of hydrogen-bond acceptors (Lipinski definition) is 2. The minimum absolute atomic E-state index is 0.764. The number of imidazole rings is 1. The molecule has 0 aliphatic carbocycles. The number of benzene rings is 2. The van der Waals surface area contributed by atoms with Gasteiger partial charge in [0.25, 0.3) is 0 Å². The van der Waals surface area contributed by atoms with Crippen molar-refractivity contribution in [1.82, 2.24) is 9.55 Å². The summed E-state index contributed by atoms with van der Waals surface area (Å²) in [5.74, 6) is 1.04. The van der Waals surface area contributed by atoms with Crippen LogP contribution in [0.1, 0.15) is 11.4 Å². The number of aromatic nitrogens is 2. The summed E-state index contributed by atoms with van der Waals surface area (Å²) in [6.07, 6.45) is 1.01.